The van der Waals surface area contributed by atoms with Gasteiger partial charge in [0, 0.05) is 20.7 Å². The van der Waals surface area contributed by atoms with Crippen molar-refractivity contribution in [2.24, 2.45) is 0 Å². The first-order valence-electron chi connectivity index (χ1n) is 6.18. The minimum Gasteiger partial charge on any atom is -0.496 e. The van der Waals surface area contributed by atoms with Crippen molar-refractivity contribution in [2.45, 2.75) is 6.10 Å². The van der Waals surface area contributed by atoms with E-state index in [1.165, 1.54) is 26.2 Å². The van der Waals surface area contributed by atoms with Crippen LogP contribution in [0.4, 0.5) is 0 Å². The van der Waals surface area contributed by atoms with E-state index in [-0.39, 0.29) is 19.1 Å². The molecule has 1 aromatic carbocycles. The van der Waals surface area contributed by atoms with Gasteiger partial charge in [0.2, 0.25) is 0 Å². The van der Waals surface area contributed by atoms with Crippen molar-refractivity contribution in [1.82, 2.24) is 4.90 Å². The van der Waals surface area contributed by atoms with Gasteiger partial charge in [-0.05, 0) is 12.1 Å². The molecule has 0 heterocycles. The quantitative estimate of drug-likeness (QED) is 0.801. The first-order chi connectivity index (χ1) is 9.54. The largest absolute Gasteiger partial charge is 0.496 e. The fourth-order valence-electron chi connectivity index (χ4n) is 1.90. The number of aliphatic hydroxyl groups is 1. The zero-order valence-corrected chi connectivity index (χ0v) is 12.3. The Morgan fingerprint density at radius 1 is 1.25 bits per heavy atom. The van der Waals surface area contributed by atoms with E-state index in [0.29, 0.717) is 17.1 Å². The second kappa shape index (κ2) is 7.72. The van der Waals surface area contributed by atoms with Crippen LogP contribution in [0.3, 0.4) is 0 Å². The molecule has 6 nitrogen and oxygen atoms in total. The number of hydrogen-bond donors (Lipinski definition) is 1. The predicted octanol–water partition coefficient (Wildman–Crippen LogP) is 0.783. The van der Waals surface area contributed by atoms with Crippen LogP contribution in [0.2, 0.25) is 0 Å². The Morgan fingerprint density at radius 3 is 2.25 bits per heavy atom. The van der Waals surface area contributed by atoms with Crippen LogP contribution < -0.4 is 9.47 Å². The summed E-state index contributed by atoms with van der Waals surface area (Å²) in [6, 6.07) is 5.12. The van der Waals surface area contributed by atoms with Crippen LogP contribution in [0.1, 0.15) is 10.4 Å². The molecule has 0 bridgehead atoms. The van der Waals surface area contributed by atoms with Crippen LogP contribution in [-0.4, -0.2) is 63.5 Å². The van der Waals surface area contributed by atoms with E-state index in [0.717, 1.165) is 0 Å². The van der Waals surface area contributed by atoms with Crippen LogP contribution >= 0.6 is 0 Å². The molecule has 0 saturated carbocycles. The van der Waals surface area contributed by atoms with E-state index in [1.54, 1.807) is 25.2 Å². The molecule has 0 radical (unpaired) electrons. The second-order valence-corrected chi connectivity index (χ2v) is 4.33. The normalized spacial score (nSPS) is 11.8. The van der Waals surface area contributed by atoms with Crippen LogP contribution in [0.15, 0.2) is 18.2 Å². The van der Waals surface area contributed by atoms with Gasteiger partial charge in [-0.25, -0.2) is 0 Å². The minimum atomic E-state index is -0.741. The molecule has 0 aromatic heterocycles. The number of ether oxygens (including phenoxy) is 3. The van der Waals surface area contributed by atoms with E-state index in [1.807, 2.05) is 0 Å². The molecule has 0 spiro atoms. The lowest BCUT2D eigenvalue weighted by Gasteiger charge is -2.22. The summed E-state index contributed by atoms with van der Waals surface area (Å²) in [5.41, 5.74) is 0.338. The highest BCUT2D eigenvalue weighted by Gasteiger charge is 2.22. The van der Waals surface area contributed by atoms with Crippen molar-refractivity contribution in [3.05, 3.63) is 23.8 Å². The highest BCUT2D eigenvalue weighted by molar-refractivity contribution is 5.99. The number of nitrogens with zero attached hydrogens (tertiary/aromatic N) is 1. The molecule has 1 rings (SSSR count). The van der Waals surface area contributed by atoms with Crippen molar-refractivity contribution >= 4 is 5.91 Å². The number of amides is 1. The molecule has 112 valence electrons. The average Bonchev–Trinajstić information content (AvgIpc) is 2.45. The Kier molecular flexibility index (Phi) is 6.27. The maximum atomic E-state index is 12.5. The Morgan fingerprint density at radius 2 is 1.80 bits per heavy atom. The van der Waals surface area contributed by atoms with E-state index in [9.17, 15) is 9.90 Å². The number of hydrogen-bond acceptors (Lipinski definition) is 5. The van der Waals surface area contributed by atoms with Crippen LogP contribution in [0.25, 0.3) is 0 Å². The van der Waals surface area contributed by atoms with Gasteiger partial charge in [0.15, 0.2) is 0 Å². The highest BCUT2D eigenvalue weighted by Crippen LogP contribution is 2.29. The SMILES string of the molecule is COCC(O)CN(C)C(=O)c1c(OC)cccc1OC. The molecule has 0 fully saturated rings. The number of likely N-dealkylation sites (N-methyl/N-ethyl adjacent to an activating group) is 1. The smallest absolute Gasteiger partial charge is 0.261 e. The summed E-state index contributed by atoms with van der Waals surface area (Å²) < 4.78 is 15.2. The van der Waals surface area contributed by atoms with Crippen molar-refractivity contribution in [3.8, 4) is 11.5 Å². The van der Waals surface area contributed by atoms with Crippen molar-refractivity contribution in [1.29, 1.82) is 0 Å². The molecule has 1 atom stereocenters. The molecule has 20 heavy (non-hydrogen) atoms. The third-order valence-corrected chi connectivity index (χ3v) is 2.83. The zero-order valence-electron chi connectivity index (χ0n) is 12.3. The monoisotopic (exact) mass is 283 g/mol. The lowest BCUT2D eigenvalue weighted by molar-refractivity contribution is 0.0377. The van der Waals surface area contributed by atoms with E-state index in [4.69, 9.17) is 14.2 Å². The van der Waals surface area contributed by atoms with Crippen molar-refractivity contribution in [2.75, 3.05) is 41.5 Å². The summed E-state index contributed by atoms with van der Waals surface area (Å²) in [4.78, 5) is 13.9. The van der Waals surface area contributed by atoms with Crippen molar-refractivity contribution < 1.29 is 24.1 Å². The predicted molar refractivity (Wildman–Crippen MR) is 74.4 cm³/mol. The van der Waals surface area contributed by atoms with E-state index in [2.05, 4.69) is 0 Å². The average molecular weight is 283 g/mol. The number of benzene rings is 1. The number of rotatable bonds is 7. The Bertz CT molecular complexity index is 427. The molecular formula is C14H21NO5. The second-order valence-electron chi connectivity index (χ2n) is 4.33. The topological polar surface area (TPSA) is 68.2 Å². The molecule has 6 heteroatoms. The molecule has 0 aliphatic carbocycles. The molecule has 0 aliphatic rings. The lowest BCUT2D eigenvalue weighted by atomic mass is 10.1. The first kappa shape index (κ1) is 16.3. The molecule has 0 aliphatic heterocycles. The summed E-state index contributed by atoms with van der Waals surface area (Å²) in [6.07, 6.45) is -0.741. The first-order valence-corrected chi connectivity index (χ1v) is 6.18. The number of aliphatic hydroxyl groups excluding tert-OH is 1. The Hall–Kier alpha value is -1.79. The van der Waals surface area contributed by atoms with Gasteiger partial charge in [0.1, 0.15) is 17.1 Å². The number of carbonyl (C=O) groups is 1. The summed E-state index contributed by atoms with van der Waals surface area (Å²) >= 11 is 0. The van der Waals surface area contributed by atoms with Crippen LogP contribution in [-0.2, 0) is 4.74 Å². The highest BCUT2D eigenvalue weighted by atomic mass is 16.5. The summed E-state index contributed by atoms with van der Waals surface area (Å²) in [6.45, 7) is 0.328. The lowest BCUT2D eigenvalue weighted by Crippen LogP contribution is -2.36. The Balaban J connectivity index is 2.96. The standard InChI is InChI=1S/C14H21NO5/c1-15(8-10(16)9-18-2)14(17)13-11(19-3)6-5-7-12(13)20-4/h5-7,10,16H,8-9H2,1-4H3. The van der Waals surface area contributed by atoms with Gasteiger partial charge in [0.05, 0.1) is 26.9 Å². The minimum absolute atomic E-state index is 0.161. The summed E-state index contributed by atoms with van der Waals surface area (Å²) in [5, 5.41) is 9.69. The fourth-order valence-corrected chi connectivity index (χ4v) is 1.90. The maximum Gasteiger partial charge on any atom is 0.261 e. The zero-order chi connectivity index (χ0) is 15.1. The third-order valence-electron chi connectivity index (χ3n) is 2.83. The molecule has 0 saturated heterocycles. The van der Waals surface area contributed by atoms with Crippen LogP contribution in [0.5, 0.6) is 11.5 Å². The number of methoxy groups -OCH3 is 3. The van der Waals surface area contributed by atoms with Gasteiger partial charge >= 0.3 is 0 Å². The van der Waals surface area contributed by atoms with Crippen molar-refractivity contribution in [3.63, 3.8) is 0 Å². The molecule has 1 amide bonds. The summed E-state index contributed by atoms with van der Waals surface area (Å²) in [5.74, 6) is 0.583. The van der Waals surface area contributed by atoms with E-state index < -0.39 is 6.10 Å². The molecular weight excluding hydrogens is 262 g/mol. The fraction of sp³-hybridized carbons (Fsp3) is 0.500. The van der Waals surface area contributed by atoms with Gasteiger partial charge in [-0.15, -0.1) is 0 Å². The van der Waals surface area contributed by atoms with E-state index >= 15 is 0 Å². The molecule has 1 N–H and O–H groups in total. The molecule has 1 aromatic rings. The van der Waals surface area contributed by atoms with Gasteiger partial charge in [0.25, 0.3) is 5.91 Å². The third kappa shape index (κ3) is 3.85. The number of carbonyl (C=O) groups excluding carboxylic acids is 1. The van der Waals surface area contributed by atoms with Crippen LogP contribution in [0, 0.1) is 0 Å². The maximum absolute atomic E-state index is 12.5. The molecule has 1 unspecified atom stereocenters. The van der Waals surface area contributed by atoms with Gasteiger partial charge < -0.3 is 24.2 Å². The van der Waals surface area contributed by atoms with Gasteiger partial charge in [-0.2, -0.15) is 0 Å². The van der Waals surface area contributed by atoms with Gasteiger partial charge in [-0.3, -0.25) is 4.79 Å². The van der Waals surface area contributed by atoms with Gasteiger partial charge in [-0.1, -0.05) is 6.07 Å². The Labute approximate surface area is 118 Å². The summed E-state index contributed by atoms with van der Waals surface area (Å²) in [7, 11) is 6.08.